The van der Waals surface area contributed by atoms with Gasteiger partial charge in [-0.25, -0.2) is 10.4 Å². The van der Waals surface area contributed by atoms with Crippen LogP contribution < -0.4 is 27.2 Å². The van der Waals surface area contributed by atoms with Crippen LogP contribution in [0.2, 0.25) is 5.02 Å². The van der Waals surface area contributed by atoms with Crippen molar-refractivity contribution in [3.63, 3.8) is 0 Å². The minimum absolute atomic E-state index is 0.0177. The number of hydrogen-bond donors (Lipinski definition) is 4. The molecule has 23 heavy (non-hydrogen) atoms. The number of nitriles is 1. The number of rotatable bonds is 6. The van der Waals surface area contributed by atoms with Crippen molar-refractivity contribution in [2.24, 2.45) is 17.4 Å². The van der Waals surface area contributed by atoms with Gasteiger partial charge in [-0.3, -0.25) is 10.2 Å². The molecule has 8 nitrogen and oxygen atoms in total. The first kappa shape index (κ1) is 17.4. The second-order valence-corrected chi connectivity index (χ2v) is 5.94. The van der Waals surface area contributed by atoms with E-state index < -0.39 is 5.91 Å². The van der Waals surface area contributed by atoms with Crippen molar-refractivity contribution >= 4 is 23.3 Å². The van der Waals surface area contributed by atoms with Gasteiger partial charge in [0.1, 0.15) is 5.82 Å². The third kappa shape index (κ3) is 4.09. The Morgan fingerprint density at radius 2 is 2.30 bits per heavy atom. The zero-order valence-corrected chi connectivity index (χ0v) is 13.5. The summed E-state index contributed by atoms with van der Waals surface area (Å²) in [4.78, 5) is 17.2. The van der Waals surface area contributed by atoms with Crippen LogP contribution in [0.1, 0.15) is 23.2 Å². The Hall–Kier alpha value is -1.92. The normalized spacial score (nSPS) is 23.5. The highest BCUT2D eigenvalue weighted by atomic mass is 35.5. The maximum Gasteiger partial charge on any atom is 0.250 e. The van der Waals surface area contributed by atoms with Crippen molar-refractivity contribution in [1.29, 1.82) is 5.26 Å². The van der Waals surface area contributed by atoms with Crippen LogP contribution in [0, 0.1) is 17.2 Å². The molecule has 1 fully saturated rings. The number of pyridine rings is 1. The highest BCUT2D eigenvalue weighted by Crippen LogP contribution is 2.24. The average Bonchev–Trinajstić information content (AvgIpc) is 2.86. The predicted molar refractivity (Wildman–Crippen MR) is 87.4 cm³/mol. The van der Waals surface area contributed by atoms with E-state index in [-0.39, 0.29) is 23.7 Å². The lowest BCUT2D eigenvalue weighted by atomic mass is 9.97. The van der Waals surface area contributed by atoms with Crippen molar-refractivity contribution < 1.29 is 4.79 Å². The average molecular weight is 338 g/mol. The van der Waals surface area contributed by atoms with Gasteiger partial charge in [-0.1, -0.05) is 11.6 Å². The van der Waals surface area contributed by atoms with Gasteiger partial charge in [0.25, 0.3) is 0 Å². The summed E-state index contributed by atoms with van der Waals surface area (Å²) >= 11 is 6.15. The Morgan fingerprint density at radius 3 is 2.91 bits per heavy atom. The first-order valence-corrected chi connectivity index (χ1v) is 7.64. The van der Waals surface area contributed by atoms with E-state index in [0.717, 1.165) is 12.8 Å². The van der Waals surface area contributed by atoms with Crippen LogP contribution in [0.25, 0.3) is 0 Å². The minimum atomic E-state index is -0.563. The SMILES string of the molecule is CN(CCCC1NNC(N)C1C#N)c1ncc(C(N)=O)cc1Cl. The molecule has 1 saturated heterocycles. The number of hydrazine groups is 1. The van der Waals surface area contributed by atoms with Crippen LogP contribution in [0.5, 0.6) is 0 Å². The van der Waals surface area contributed by atoms with E-state index >= 15 is 0 Å². The first-order valence-electron chi connectivity index (χ1n) is 7.26. The largest absolute Gasteiger partial charge is 0.366 e. The summed E-state index contributed by atoms with van der Waals surface area (Å²) in [6.45, 7) is 0.703. The molecule has 6 N–H and O–H groups in total. The van der Waals surface area contributed by atoms with Crippen molar-refractivity contribution in [3.05, 3.63) is 22.8 Å². The molecule has 0 aliphatic carbocycles. The maximum absolute atomic E-state index is 11.1. The number of anilines is 1. The van der Waals surface area contributed by atoms with Gasteiger partial charge in [-0.2, -0.15) is 5.26 Å². The predicted octanol–water partition coefficient (Wildman–Crippen LogP) is -0.0487. The highest BCUT2D eigenvalue weighted by molar-refractivity contribution is 6.33. The molecule has 0 saturated carbocycles. The third-order valence-corrected chi connectivity index (χ3v) is 4.16. The van der Waals surface area contributed by atoms with Crippen LogP contribution in [0.3, 0.4) is 0 Å². The Bertz CT molecular complexity index is 618. The number of aromatic nitrogens is 1. The number of nitrogens with two attached hydrogens (primary N) is 2. The van der Waals surface area contributed by atoms with Gasteiger partial charge in [0.2, 0.25) is 5.91 Å². The molecule has 124 valence electrons. The molecule has 3 unspecified atom stereocenters. The van der Waals surface area contributed by atoms with Gasteiger partial charge in [-0.15, -0.1) is 0 Å². The number of nitrogens with zero attached hydrogens (tertiary/aromatic N) is 3. The third-order valence-electron chi connectivity index (χ3n) is 3.88. The van der Waals surface area contributed by atoms with Gasteiger partial charge < -0.3 is 16.4 Å². The summed E-state index contributed by atoms with van der Waals surface area (Å²) in [7, 11) is 1.87. The van der Waals surface area contributed by atoms with Crippen LogP contribution in [0.4, 0.5) is 5.82 Å². The fraction of sp³-hybridized carbons (Fsp3) is 0.500. The minimum Gasteiger partial charge on any atom is -0.366 e. The van der Waals surface area contributed by atoms with Gasteiger partial charge in [0.15, 0.2) is 0 Å². The fourth-order valence-electron chi connectivity index (χ4n) is 2.56. The summed E-state index contributed by atoms with van der Waals surface area (Å²) in [6.07, 6.45) is 2.68. The topological polar surface area (TPSA) is 133 Å². The van der Waals surface area contributed by atoms with Gasteiger partial charge in [-0.05, 0) is 18.9 Å². The first-order chi connectivity index (χ1) is 10.9. The van der Waals surface area contributed by atoms with E-state index in [1.165, 1.54) is 12.3 Å². The molecule has 0 radical (unpaired) electrons. The number of carbonyl (C=O) groups is 1. The lowest BCUT2D eigenvalue weighted by Crippen LogP contribution is -2.38. The highest BCUT2D eigenvalue weighted by Gasteiger charge is 2.32. The van der Waals surface area contributed by atoms with Crippen LogP contribution >= 0.6 is 11.6 Å². The molecule has 0 aromatic carbocycles. The molecule has 2 rings (SSSR count). The van der Waals surface area contributed by atoms with Crippen LogP contribution in [0.15, 0.2) is 12.3 Å². The van der Waals surface area contributed by atoms with Crippen molar-refractivity contribution in [2.75, 3.05) is 18.5 Å². The van der Waals surface area contributed by atoms with Crippen LogP contribution in [-0.2, 0) is 0 Å². The van der Waals surface area contributed by atoms with Gasteiger partial charge >= 0.3 is 0 Å². The second-order valence-electron chi connectivity index (χ2n) is 5.53. The molecule has 9 heteroatoms. The lowest BCUT2D eigenvalue weighted by Gasteiger charge is -2.21. The summed E-state index contributed by atoms with van der Waals surface area (Å²) in [5.74, 6) is -0.230. The quantitative estimate of drug-likeness (QED) is 0.572. The molecular formula is C14H20ClN7O. The molecule has 2 heterocycles. The van der Waals surface area contributed by atoms with Gasteiger partial charge in [0, 0.05) is 25.8 Å². The standard InChI is InChI=1S/C14H20ClN7O/c1-22(14-10(15)5-8(7-19-14)13(18)23)4-2-3-11-9(6-16)12(17)21-20-11/h5,7,9,11-12,20-21H,2-4,17H2,1H3,(H2,18,23). The smallest absolute Gasteiger partial charge is 0.250 e. The summed E-state index contributed by atoms with van der Waals surface area (Å²) in [6, 6.07) is 3.75. The second kappa shape index (κ2) is 7.57. The maximum atomic E-state index is 11.1. The van der Waals surface area contributed by atoms with E-state index in [1.54, 1.807) is 0 Å². The zero-order valence-electron chi connectivity index (χ0n) is 12.8. The zero-order chi connectivity index (χ0) is 17.0. The number of primary amides is 1. The molecule has 1 aromatic heterocycles. The van der Waals surface area contributed by atoms with E-state index in [2.05, 4.69) is 21.9 Å². The van der Waals surface area contributed by atoms with Crippen LogP contribution in [-0.4, -0.2) is 36.7 Å². The summed E-state index contributed by atoms with van der Waals surface area (Å²) in [5, 5.41) is 9.49. The fourth-order valence-corrected chi connectivity index (χ4v) is 2.87. The number of carbonyl (C=O) groups excluding carboxylic acids is 1. The number of hydrogen-bond acceptors (Lipinski definition) is 7. The Labute approximate surface area is 139 Å². The number of nitrogens with one attached hydrogen (secondary N) is 2. The molecule has 0 bridgehead atoms. The molecule has 0 spiro atoms. The molecule has 1 aliphatic rings. The molecule has 1 aromatic rings. The number of halogens is 1. The monoisotopic (exact) mass is 337 g/mol. The van der Waals surface area contributed by atoms with Crippen molar-refractivity contribution in [2.45, 2.75) is 25.0 Å². The van der Waals surface area contributed by atoms with E-state index in [9.17, 15) is 4.79 Å². The molecule has 3 atom stereocenters. The van der Waals surface area contributed by atoms with E-state index in [4.69, 9.17) is 28.3 Å². The van der Waals surface area contributed by atoms with E-state index in [1.807, 2.05) is 11.9 Å². The van der Waals surface area contributed by atoms with E-state index in [0.29, 0.717) is 17.4 Å². The van der Waals surface area contributed by atoms with Crippen molar-refractivity contribution in [3.8, 4) is 6.07 Å². The Kier molecular flexibility index (Phi) is 5.74. The molecule has 1 amide bonds. The summed E-state index contributed by atoms with van der Waals surface area (Å²) < 4.78 is 0. The summed E-state index contributed by atoms with van der Waals surface area (Å²) in [5.41, 5.74) is 17.2. The lowest BCUT2D eigenvalue weighted by molar-refractivity contribution is 0.1000. The molecular weight excluding hydrogens is 318 g/mol. The Balaban J connectivity index is 1.89. The van der Waals surface area contributed by atoms with Gasteiger partial charge in [0.05, 0.1) is 28.7 Å². The Morgan fingerprint density at radius 1 is 1.57 bits per heavy atom. The van der Waals surface area contributed by atoms with Crippen molar-refractivity contribution in [1.82, 2.24) is 15.8 Å². The number of amides is 1. The molecule has 1 aliphatic heterocycles.